The van der Waals surface area contributed by atoms with E-state index in [1.807, 2.05) is 33.0 Å². The molecule has 1 aliphatic carbocycles. The Morgan fingerprint density at radius 2 is 1.70 bits per heavy atom. The molecule has 2 saturated heterocycles. The lowest BCUT2D eigenvalue weighted by atomic mass is 9.80. The van der Waals surface area contributed by atoms with Gasteiger partial charge in [0.15, 0.2) is 0 Å². The van der Waals surface area contributed by atoms with Crippen molar-refractivity contribution in [1.29, 1.82) is 0 Å². The second-order valence-corrected chi connectivity index (χ2v) is 20.0. The minimum atomic E-state index is -2.48. The molecule has 4 aliphatic rings. The van der Waals surface area contributed by atoms with Crippen molar-refractivity contribution in [3.63, 3.8) is 0 Å². The minimum absolute atomic E-state index is 0.0530. The molecule has 1 aromatic carbocycles. The molecule has 1 aromatic heterocycles. The number of allylic oxidation sites excluding steroid dienone is 4. The number of H-pyrrole nitrogens is 1. The number of cyclic esters (lactones) is 1. The second-order valence-electron chi connectivity index (χ2n) is 20.0. The Bertz CT molecular complexity index is 2080. The number of benzene rings is 1. The van der Waals surface area contributed by atoms with Gasteiger partial charge in [0.05, 0.1) is 24.4 Å². The van der Waals surface area contributed by atoms with Crippen molar-refractivity contribution in [3.8, 4) is 0 Å². The molecule has 2 aromatic rings. The first-order valence-electron chi connectivity index (χ1n) is 24.4. The summed E-state index contributed by atoms with van der Waals surface area (Å²) < 4.78 is 30.8. The first-order valence-corrected chi connectivity index (χ1v) is 24.4. The second kappa shape index (κ2) is 22.8. The van der Waals surface area contributed by atoms with E-state index in [1.54, 1.807) is 34.3 Å². The number of likely N-dealkylation sites (N-methyl/N-ethyl adjacent to an activating group) is 1. The van der Waals surface area contributed by atoms with Gasteiger partial charge in [0, 0.05) is 76.0 Å². The topological polar surface area (TPSA) is 157 Å². The summed E-state index contributed by atoms with van der Waals surface area (Å²) in [7, 11) is 7.00. The van der Waals surface area contributed by atoms with E-state index in [0.29, 0.717) is 44.9 Å². The molecule has 2 N–H and O–H groups in total. The third-order valence-electron chi connectivity index (χ3n) is 15.2. The van der Waals surface area contributed by atoms with E-state index >= 15 is 0 Å². The van der Waals surface area contributed by atoms with Gasteiger partial charge in [-0.15, -0.1) is 6.58 Å². The van der Waals surface area contributed by atoms with Crippen molar-refractivity contribution in [2.24, 2.45) is 29.6 Å². The lowest BCUT2D eigenvalue weighted by Crippen LogP contribution is -2.64. The molecular weight excluding hydrogens is 839 g/mol. The molecule has 0 spiro atoms. The number of anilines is 1. The number of ketones is 2. The maximum absolute atomic E-state index is 14.6. The van der Waals surface area contributed by atoms with Crippen molar-refractivity contribution < 1.29 is 48.0 Å². The van der Waals surface area contributed by atoms with Crippen LogP contribution in [0.4, 0.5) is 5.69 Å². The van der Waals surface area contributed by atoms with E-state index in [9.17, 15) is 24.3 Å². The fourth-order valence-electron chi connectivity index (χ4n) is 11.3. The fourth-order valence-corrected chi connectivity index (χ4v) is 11.3. The SMILES string of the molecule is C=CCC1/C=C(\C)CC(C)CC(OC)C2OC(O)(C(=O)C(=O)N3CCCCC3C(=O)OC(C(C)=CC3CCC(N(C)c4ccc5[nH]ccc5c4)C(OC)C3)C(C)CCC1=O)C(C)CC2OC. The molecule has 13 heteroatoms. The monoisotopic (exact) mass is 916 g/mol. The molecule has 1 saturated carbocycles. The fraction of sp³-hybridized carbons (Fsp3) is 0.660. The number of hydrogen-bond acceptors (Lipinski definition) is 11. The maximum Gasteiger partial charge on any atom is 0.329 e. The third kappa shape index (κ3) is 11.6. The zero-order valence-corrected chi connectivity index (χ0v) is 41.0. The lowest BCUT2D eigenvalue weighted by molar-refractivity contribution is -0.302. The highest BCUT2D eigenvalue weighted by molar-refractivity contribution is 6.39. The van der Waals surface area contributed by atoms with E-state index in [0.717, 1.165) is 47.0 Å². The van der Waals surface area contributed by atoms with Crippen LogP contribution in [0.5, 0.6) is 0 Å². The number of hydrogen-bond donors (Lipinski definition) is 2. The van der Waals surface area contributed by atoms with Gasteiger partial charge >= 0.3 is 5.97 Å². The van der Waals surface area contributed by atoms with E-state index in [1.165, 1.54) is 4.90 Å². The van der Waals surface area contributed by atoms with Gasteiger partial charge in [0.1, 0.15) is 24.0 Å². The van der Waals surface area contributed by atoms with Gasteiger partial charge in [0.2, 0.25) is 5.79 Å². The summed E-state index contributed by atoms with van der Waals surface area (Å²) in [6.07, 6.45) is 12.0. The van der Waals surface area contributed by atoms with Crippen LogP contribution in [0.3, 0.4) is 0 Å². The predicted octanol–water partition coefficient (Wildman–Crippen LogP) is 8.29. The van der Waals surface area contributed by atoms with Crippen LogP contribution in [-0.4, -0.2) is 122 Å². The summed E-state index contributed by atoms with van der Waals surface area (Å²) in [6, 6.07) is 7.62. The minimum Gasteiger partial charge on any atom is -0.456 e. The van der Waals surface area contributed by atoms with E-state index in [2.05, 4.69) is 60.8 Å². The number of fused-ring (bicyclic) bond motifs is 4. The van der Waals surface area contributed by atoms with Gasteiger partial charge in [0.25, 0.3) is 11.7 Å². The number of Topliss-reactive ketones (excluding diaryl/α,β-unsaturated/α-hetero) is 2. The summed E-state index contributed by atoms with van der Waals surface area (Å²) in [5.74, 6) is -6.31. The molecule has 3 aliphatic heterocycles. The van der Waals surface area contributed by atoms with Crippen LogP contribution in [0.25, 0.3) is 10.9 Å². The Morgan fingerprint density at radius 1 is 0.970 bits per heavy atom. The Labute approximate surface area is 392 Å². The van der Waals surface area contributed by atoms with Crippen LogP contribution in [0.15, 0.2) is 66.4 Å². The molecule has 13 unspecified atom stereocenters. The largest absolute Gasteiger partial charge is 0.456 e. The van der Waals surface area contributed by atoms with Gasteiger partial charge in [-0.3, -0.25) is 14.4 Å². The number of esters is 1. The lowest BCUT2D eigenvalue weighted by Gasteiger charge is -2.47. The average Bonchev–Trinajstić information content (AvgIpc) is 3.79. The smallest absolute Gasteiger partial charge is 0.329 e. The van der Waals surface area contributed by atoms with E-state index < -0.39 is 59.8 Å². The number of nitrogens with one attached hydrogen (secondary N) is 1. The number of amides is 1. The van der Waals surface area contributed by atoms with Gasteiger partial charge in [-0.25, -0.2) is 4.79 Å². The van der Waals surface area contributed by atoms with Gasteiger partial charge in [-0.2, -0.15) is 0 Å². The molecule has 1 amide bonds. The summed E-state index contributed by atoms with van der Waals surface area (Å²) in [5, 5.41) is 13.3. The number of rotatable bonds is 9. The number of aromatic nitrogens is 1. The van der Waals surface area contributed by atoms with Crippen LogP contribution in [0.1, 0.15) is 112 Å². The Morgan fingerprint density at radius 3 is 2.41 bits per heavy atom. The highest BCUT2D eigenvalue weighted by Gasteiger charge is 2.56. The summed E-state index contributed by atoms with van der Waals surface area (Å²) in [4.78, 5) is 64.3. The highest BCUT2D eigenvalue weighted by atomic mass is 16.7. The zero-order chi connectivity index (χ0) is 47.9. The normalized spacial score (nSPS) is 35.9. The van der Waals surface area contributed by atoms with E-state index in [4.69, 9.17) is 23.7 Å². The molecule has 13 nitrogen and oxygen atoms in total. The zero-order valence-electron chi connectivity index (χ0n) is 41.0. The first kappa shape index (κ1) is 51.3. The van der Waals surface area contributed by atoms with Crippen LogP contribution >= 0.6 is 0 Å². The van der Waals surface area contributed by atoms with Crippen molar-refractivity contribution in [2.45, 2.75) is 160 Å². The quantitative estimate of drug-likeness (QED) is 0.142. The predicted molar refractivity (Wildman–Crippen MR) is 256 cm³/mol. The molecule has 13 atom stereocenters. The molecule has 3 fully saturated rings. The number of carbonyl (C=O) groups is 4. The Hall–Kier alpha value is -4.14. The molecular formula is C53H77N3O10. The number of methoxy groups -OCH3 is 3. The van der Waals surface area contributed by atoms with Crippen LogP contribution in [-0.2, 0) is 42.9 Å². The molecule has 66 heavy (non-hydrogen) atoms. The van der Waals surface area contributed by atoms with Gasteiger partial charge < -0.3 is 43.6 Å². The number of aromatic amines is 1. The third-order valence-corrected chi connectivity index (χ3v) is 15.2. The number of ether oxygens (including phenoxy) is 5. The van der Waals surface area contributed by atoms with Crippen molar-refractivity contribution >= 4 is 40.0 Å². The number of piperidine rings is 1. The molecule has 0 radical (unpaired) electrons. The van der Waals surface area contributed by atoms with Crippen LogP contribution < -0.4 is 4.90 Å². The summed E-state index contributed by atoms with van der Waals surface area (Å²) in [5.41, 5.74) is 4.14. The first-order chi connectivity index (χ1) is 31.5. The standard InChI is InChI=1S/C53H77N3O10/c1-11-14-39-26-32(2)25-33(3)27-46(63-9)49-47(64-10)29-36(6)53(61,66-49)50(58)51(59)56-24-13-12-15-43(56)52(60)65-48(34(4)16-21-44(39)57)35(5)28-37-17-20-42(45(30-37)62-8)55(7)40-18-19-41-38(31-40)22-23-54-41/h11,18-19,22-23,26,28,31,33-34,36-37,39,42-43,45-49,54,61H,1,12-17,20-21,24-25,27,29-30H2,2-10H3/b32-26+,35-28?. The number of carbonyl (C=O) groups excluding carboxylic acids is 4. The molecule has 2 bridgehead atoms. The molecule has 364 valence electrons. The van der Waals surface area contributed by atoms with Crippen molar-refractivity contribution in [2.75, 3.05) is 39.8 Å². The molecule has 6 rings (SSSR count). The average molecular weight is 916 g/mol. The summed E-state index contributed by atoms with van der Waals surface area (Å²) >= 11 is 0. The van der Waals surface area contributed by atoms with Gasteiger partial charge in [-0.05, 0) is 132 Å². The van der Waals surface area contributed by atoms with Crippen LogP contribution in [0.2, 0.25) is 0 Å². The number of aliphatic hydroxyl groups is 1. The Balaban J connectivity index is 1.30. The van der Waals surface area contributed by atoms with Crippen LogP contribution in [0, 0.1) is 29.6 Å². The Kier molecular flexibility index (Phi) is 17.7. The maximum atomic E-state index is 14.6. The van der Waals surface area contributed by atoms with E-state index in [-0.39, 0.29) is 61.0 Å². The number of nitrogens with zero attached hydrogens (tertiary/aromatic N) is 2. The van der Waals surface area contributed by atoms with Crippen molar-refractivity contribution in [1.82, 2.24) is 9.88 Å². The highest BCUT2D eigenvalue weighted by Crippen LogP contribution is 2.40. The van der Waals surface area contributed by atoms with Crippen molar-refractivity contribution in [3.05, 3.63) is 66.4 Å². The van der Waals surface area contributed by atoms with Gasteiger partial charge in [-0.1, -0.05) is 44.6 Å². The summed E-state index contributed by atoms with van der Waals surface area (Å²) in [6.45, 7) is 13.9. The molecule has 4 heterocycles.